The second kappa shape index (κ2) is 4.27. The zero-order chi connectivity index (χ0) is 8.23. The smallest absolute Gasteiger partial charge is 0.0628 e. The SMILES string of the molecule is [CH](CC1CCCCC1)C1CCO1. The Morgan fingerprint density at radius 3 is 2.42 bits per heavy atom. The molecule has 0 bridgehead atoms. The first-order valence-electron chi connectivity index (χ1n) is 5.40. The molecule has 12 heavy (non-hydrogen) atoms. The highest BCUT2D eigenvalue weighted by Gasteiger charge is 2.20. The Morgan fingerprint density at radius 2 is 1.83 bits per heavy atom. The van der Waals surface area contributed by atoms with Gasteiger partial charge in [-0.05, 0) is 25.2 Å². The van der Waals surface area contributed by atoms with Gasteiger partial charge in [0.1, 0.15) is 0 Å². The third-order valence-electron chi connectivity index (χ3n) is 3.19. The number of ether oxygens (including phenoxy) is 1. The summed E-state index contributed by atoms with van der Waals surface area (Å²) in [5, 5.41) is 0. The molecule has 1 heteroatoms. The van der Waals surface area contributed by atoms with Gasteiger partial charge in [0.2, 0.25) is 0 Å². The predicted molar refractivity (Wildman–Crippen MR) is 49.8 cm³/mol. The van der Waals surface area contributed by atoms with Crippen molar-refractivity contribution in [1.82, 2.24) is 0 Å². The molecule has 2 aliphatic rings. The molecule has 1 unspecified atom stereocenters. The number of hydrogen-bond donors (Lipinski definition) is 0. The summed E-state index contributed by atoms with van der Waals surface area (Å²) in [4.78, 5) is 0. The van der Waals surface area contributed by atoms with Crippen LogP contribution in [0.15, 0.2) is 0 Å². The van der Waals surface area contributed by atoms with Gasteiger partial charge < -0.3 is 4.74 Å². The van der Waals surface area contributed by atoms with Crippen LogP contribution in [0, 0.1) is 12.3 Å². The molecule has 2 fully saturated rings. The molecule has 69 valence electrons. The van der Waals surface area contributed by atoms with Crippen molar-refractivity contribution in [3.63, 3.8) is 0 Å². The fourth-order valence-corrected chi connectivity index (χ4v) is 2.21. The van der Waals surface area contributed by atoms with E-state index in [2.05, 4.69) is 6.42 Å². The van der Waals surface area contributed by atoms with E-state index in [0.717, 1.165) is 12.5 Å². The maximum atomic E-state index is 5.37. The normalized spacial score (nSPS) is 31.5. The molecule has 1 aliphatic heterocycles. The third kappa shape index (κ3) is 2.22. The van der Waals surface area contributed by atoms with Gasteiger partial charge in [-0.15, -0.1) is 0 Å². The van der Waals surface area contributed by atoms with Crippen LogP contribution in [0.3, 0.4) is 0 Å². The van der Waals surface area contributed by atoms with E-state index in [1.165, 1.54) is 44.9 Å². The lowest BCUT2D eigenvalue weighted by Gasteiger charge is -2.29. The average Bonchev–Trinajstić information content (AvgIpc) is 2.04. The van der Waals surface area contributed by atoms with Crippen LogP contribution in [0.4, 0.5) is 0 Å². The summed E-state index contributed by atoms with van der Waals surface area (Å²) in [6.07, 6.45) is 12.8. The van der Waals surface area contributed by atoms with Crippen molar-refractivity contribution in [3.8, 4) is 0 Å². The first-order chi connectivity index (χ1) is 5.95. The topological polar surface area (TPSA) is 9.23 Å². The molecule has 1 saturated heterocycles. The highest BCUT2D eigenvalue weighted by atomic mass is 16.5. The number of rotatable bonds is 3. The molecular weight excluding hydrogens is 148 g/mol. The molecule has 1 saturated carbocycles. The van der Waals surface area contributed by atoms with Gasteiger partial charge in [-0.1, -0.05) is 32.1 Å². The highest BCUT2D eigenvalue weighted by Crippen LogP contribution is 2.29. The molecule has 1 radical (unpaired) electrons. The fraction of sp³-hybridized carbons (Fsp3) is 0.909. The van der Waals surface area contributed by atoms with E-state index in [1.807, 2.05) is 0 Å². The van der Waals surface area contributed by atoms with Crippen LogP contribution in [0.2, 0.25) is 0 Å². The van der Waals surface area contributed by atoms with Crippen molar-refractivity contribution in [2.45, 2.75) is 51.0 Å². The first kappa shape index (κ1) is 8.55. The molecule has 1 heterocycles. The lowest BCUT2D eigenvalue weighted by Crippen LogP contribution is -2.27. The zero-order valence-electron chi connectivity index (χ0n) is 7.80. The van der Waals surface area contributed by atoms with Crippen LogP contribution in [0.25, 0.3) is 0 Å². The van der Waals surface area contributed by atoms with E-state index in [9.17, 15) is 0 Å². The summed E-state index contributed by atoms with van der Waals surface area (Å²) < 4.78 is 5.37. The molecule has 1 atom stereocenters. The van der Waals surface area contributed by atoms with E-state index >= 15 is 0 Å². The third-order valence-corrected chi connectivity index (χ3v) is 3.19. The van der Waals surface area contributed by atoms with Gasteiger partial charge in [0.05, 0.1) is 6.10 Å². The lowest BCUT2D eigenvalue weighted by molar-refractivity contribution is -0.0320. The van der Waals surface area contributed by atoms with E-state index in [-0.39, 0.29) is 0 Å². The molecule has 1 nitrogen and oxygen atoms in total. The van der Waals surface area contributed by atoms with Crippen molar-refractivity contribution in [2.75, 3.05) is 6.61 Å². The Hall–Kier alpha value is -0.0400. The Bertz CT molecular complexity index is 123. The van der Waals surface area contributed by atoms with Crippen molar-refractivity contribution in [3.05, 3.63) is 6.42 Å². The minimum absolute atomic E-state index is 0.520. The summed E-state index contributed by atoms with van der Waals surface area (Å²) in [6.45, 7) is 0.992. The van der Waals surface area contributed by atoms with Crippen LogP contribution in [-0.4, -0.2) is 12.7 Å². The zero-order valence-corrected chi connectivity index (χ0v) is 7.80. The number of hydrogen-bond acceptors (Lipinski definition) is 1. The molecule has 0 aromatic carbocycles. The summed E-state index contributed by atoms with van der Waals surface area (Å²) in [5.74, 6) is 0.989. The van der Waals surface area contributed by atoms with Crippen LogP contribution in [-0.2, 0) is 4.74 Å². The quantitative estimate of drug-likeness (QED) is 0.628. The van der Waals surface area contributed by atoms with Gasteiger partial charge in [-0.25, -0.2) is 0 Å². The van der Waals surface area contributed by atoms with Gasteiger partial charge >= 0.3 is 0 Å². The van der Waals surface area contributed by atoms with Crippen molar-refractivity contribution in [2.24, 2.45) is 5.92 Å². The standard InChI is InChI=1S/C11H19O/c1-2-4-10(5-3-1)6-7-11-8-9-12-11/h7,10-11H,1-6,8-9H2. The molecular formula is C11H19O. The molecule has 0 aromatic heterocycles. The Kier molecular flexibility index (Phi) is 3.04. The molecule has 0 aromatic rings. The van der Waals surface area contributed by atoms with Crippen LogP contribution >= 0.6 is 0 Å². The Morgan fingerprint density at radius 1 is 1.08 bits per heavy atom. The molecule has 2 rings (SSSR count). The molecule has 0 N–H and O–H groups in total. The molecule has 0 spiro atoms. The van der Waals surface area contributed by atoms with Crippen molar-refractivity contribution in [1.29, 1.82) is 0 Å². The summed E-state index contributed by atoms with van der Waals surface area (Å²) in [7, 11) is 0. The fourth-order valence-electron chi connectivity index (χ4n) is 2.21. The second-order valence-electron chi connectivity index (χ2n) is 4.17. The van der Waals surface area contributed by atoms with Crippen LogP contribution in [0.1, 0.15) is 44.9 Å². The minimum atomic E-state index is 0.520. The monoisotopic (exact) mass is 167 g/mol. The van der Waals surface area contributed by atoms with Gasteiger partial charge in [0.15, 0.2) is 0 Å². The van der Waals surface area contributed by atoms with Gasteiger partial charge in [0.25, 0.3) is 0 Å². The van der Waals surface area contributed by atoms with E-state index < -0.39 is 0 Å². The van der Waals surface area contributed by atoms with E-state index in [0.29, 0.717) is 6.10 Å². The van der Waals surface area contributed by atoms with E-state index in [1.54, 1.807) is 0 Å². The largest absolute Gasteiger partial charge is 0.378 e. The van der Waals surface area contributed by atoms with Gasteiger partial charge in [-0.3, -0.25) is 0 Å². The van der Waals surface area contributed by atoms with Crippen molar-refractivity contribution >= 4 is 0 Å². The van der Waals surface area contributed by atoms with Crippen molar-refractivity contribution < 1.29 is 4.74 Å². The van der Waals surface area contributed by atoms with Gasteiger partial charge in [0, 0.05) is 6.61 Å². The van der Waals surface area contributed by atoms with Crippen LogP contribution < -0.4 is 0 Å². The summed E-state index contributed by atoms with van der Waals surface area (Å²) >= 11 is 0. The van der Waals surface area contributed by atoms with E-state index in [4.69, 9.17) is 4.74 Å². The average molecular weight is 167 g/mol. The van der Waals surface area contributed by atoms with Crippen LogP contribution in [0.5, 0.6) is 0 Å². The second-order valence-corrected chi connectivity index (χ2v) is 4.17. The maximum Gasteiger partial charge on any atom is 0.0628 e. The molecule has 0 amide bonds. The minimum Gasteiger partial charge on any atom is -0.378 e. The molecule has 1 aliphatic carbocycles. The predicted octanol–water partition coefficient (Wildman–Crippen LogP) is 2.95. The maximum absolute atomic E-state index is 5.37. The summed E-state index contributed by atoms with van der Waals surface area (Å²) in [5.41, 5.74) is 0. The highest BCUT2D eigenvalue weighted by molar-refractivity contribution is 4.85. The lowest BCUT2D eigenvalue weighted by atomic mass is 9.85. The Labute approximate surface area is 75.5 Å². The summed E-state index contributed by atoms with van der Waals surface area (Å²) in [6, 6.07) is 0. The Balaban J connectivity index is 1.58. The van der Waals surface area contributed by atoms with Gasteiger partial charge in [-0.2, -0.15) is 0 Å². The first-order valence-corrected chi connectivity index (χ1v) is 5.40.